The van der Waals surface area contributed by atoms with Gasteiger partial charge in [0, 0.05) is 0 Å². The summed E-state index contributed by atoms with van der Waals surface area (Å²) < 4.78 is 0. The smallest absolute Gasteiger partial charge is 0.170 e. The summed E-state index contributed by atoms with van der Waals surface area (Å²) in [5.41, 5.74) is 1.95. The molecule has 0 bridgehead atoms. The van der Waals surface area contributed by atoms with E-state index in [0.29, 0.717) is 0 Å². The molecule has 0 amide bonds. The minimum absolute atomic E-state index is 0.158. The van der Waals surface area contributed by atoms with Crippen molar-refractivity contribution in [2.45, 2.75) is 12.5 Å². The fraction of sp³-hybridized carbons (Fsp3) is 0.105. The molecule has 4 N–H and O–H groups in total. The van der Waals surface area contributed by atoms with Crippen molar-refractivity contribution >= 4 is 29.5 Å². The topological polar surface area (TPSA) is 64.5 Å². The summed E-state index contributed by atoms with van der Waals surface area (Å²) in [4.78, 5) is 0. The fourth-order valence-corrected chi connectivity index (χ4v) is 2.18. The number of hydrogen-bond donors (Lipinski definition) is 4. The van der Waals surface area contributed by atoms with Gasteiger partial charge in [0.1, 0.15) is 12.5 Å². The normalized spacial score (nSPS) is 13.8. The molecule has 0 saturated heterocycles. The number of thiocarbonyl (C=S) groups is 1. The van der Waals surface area contributed by atoms with Gasteiger partial charge in [-0.05, 0) is 35.5 Å². The second kappa shape index (κ2) is 9.62. The highest BCUT2D eigenvalue weighted by atomic mass is 32.1. The molecule has 2 atom stereocenters. The molecule has 2 unspecified atom stereocenters. The highest BCUT2D eigenvalue weighted by molar-refractivity contribution is 7.80. The van der Waals surface area contributed by atoms with Gasteiger partial charge in [0.2, 0.25) is 0 Å². The van der Waals surface area contributed by atoms with Crippen LogP contribution in [0.15, 0.2) is 72.8 Å². The van der Waals surface area contributed by atoms with Crippen molar-refractivity contribution in [3.63, 3.8) is 0 Å². The van der Waals surface area contributed by atoms with Crippen LogP contribution in [0.2, 0.25) is 0 Å². The van der Waals surface area contributed by atoms with Crippen LogP contribution in [-0.2, 0) is 0 Å². The number of aliphatic hydroxyl groups is 2. The Morgan fingerprint density at radius 3 is 1.50 bits per heavy atom. The lowest BCUT2D eigenvalue weighted by Crippen LogP contribution is -2.44. The lowest BCUT2D eigenvalue weighted by Gasteiger charge is -2.15. The van der Waals surface area contributed by atoms with E-state index in [2.05, 4.69) is 10.6 Å². The SMILES string of the molecule is OC(C=Cc1ccccc1)NC(=S)NC(O)C=Cc1ccccc1. The van der Waals surface area contributed by atoms with E-state index >= 15 is 0 Å². The van der Waals surface area contributed by atoms with Crippen molar-refractivity contribution in [2.75, 3.05) is 0 Å². The molecule has 2 rings (SSSR count). The van der Waals surface area contributed by atoms with Gasteiger partial charge in [-0.3, -0.25) is 0 Å². The molecule has 24 heavy (non-hydrogen) atoms. The van der Waals surface area contributed by atoms with Gasteiger partial charge < -0.3 is 20.8 Å². The zero-order valence-electron chi connectivity index (χ0n) is 13.0. The predicted molar refractivity (Wildman–Crippen MR) is 102 cm³/mol. The molecule has 124 valence electrons. The van der Waals surface area contributed by atoms with E-state index in [0.717, 1.165) is 11.1 Å². The van der Waals surface area contributed by atoms with Gasteiger partial charge in [0.05, 0.1) is 0 Å². The van der Waals surface area contributed by atoms with Gasteiger partial charge in [0.25, 0.3) is 0 Å². The van der Waals surface area contributed by atoms with E-state index in [-0.39, 0.29) is 5.11 Å². The van der Waals surface area contributed by atoms with Gasteiger partial charge in [-0.15, -0.1) is 0 Å². The molecule has 0 aliphatic rings. The molecular formula is C19H20N2O2S. The average molecular weight is 340 g/mol. The van der Waals surface area contributed by atoms with Crippen LogP contribution in [0.5, 0.6) is 0 Å². The van der Waals surface area contributed by atoms with Gasteiger partial charge in [-0.25, -0.2) is 0 Å². The van der Waals surface area contributed by atoms with Crippen LogP contribution < -0.4 is 10.6 Å². The molecule has 0 radical (unpaired) electrons. The third kappa shape index (κ3) is 6.75. The summed E-state index contributed by atoms with van der Waals surface area (Å²) in [5, 5.41) is 25.3. The second-order valence-electron chi connectivity index (χ2n) is 5.05. The summed E-state index contributed by atoms with van der Waals surface area (Å²) >= 11 is 5.06. The number of benzene rings is 2. The average Bonchev–Trinajstić information content (AvgIpc) is 2.60. The Bertz CT molecular complexity index is 628. The van der Waals surface area contributed by atoms with Crippen molar-refractivity contribution in [3.05, 3.63) is 83.9 Å². The van der Waals surface area contributed by atoms with Crippen molar-refractivity contribution in [1.82, 2.24) is 10.6 Å². The molecule has 5 heteroatoms. The molecule has 0 aromatic heterocycles. The minimum atomic E-state index is -0.949. The first-order chi connectivity index (χ1) is 11.6. The van der Waals surface area contributed by atoms with Crippen molar-refractivity contribution < 1.29 is 10.2 Å². The standard InChI is InChI=1S/C19H20N2O2S/c22-17(13-11-15-7-3-1-4-8-15)20-19(24)21-18(23)14-12-16-9-5-2-6-10-16/h1-14,17-18,22-23H,(H2,20,21,24). The Kier molecular flexibility index (Phi) is 7.17. The Hall–Kier alpha value is -2.47. The molecule has 0 aliphatic heterocycles. The van der Waals surface area contributed by atoms with E-state index in [1.807, 2.05) is 60.7 Å². The molecule has 4 nitrogen and oxygen atoms in total. The molecular weight excluding hydrogens is 320 g/mol. The summed E-state index contributed by atoms with van der Waals surface area (Å²) in [5.74, 6) is 0. The number of aliphatic hydroxyl groups excluding tert-OH is 2. The predicted octanol–water partition coefficient (Wildman–Crippen LogP) is 2.51. The van der Waals surface area contributed by atoms with Crippen molar-refractivity contribution in [1.29, 1.82) is 0 Å². The maximum Gasteiger partial charge on any atom is 0.170 e. The van der Waals surface area contributed by atoms with Crippen molar-refractivity contribution in [3.8, 4) is 0 Å². The number of hydrogen-bond acceptors (Lipinski definition) is 3. The summed E-state index contributed by atoms with van der Waals surface area (Å²) in [6.07, 6.45) is 4.83. The zero-order valence-corrected chi connectivity index (χ0v) is 13.9. The van der Waals surface area contributed by atoms with E-state index < -0.39 is 12.5 Å². The second-order valence-corrected chi connectivity index (χ2v) is 5.46. The first-order valence-corrected chi connectivity index (χ1v) is 7.94. The Morgan fingerprint density at radius 2 is 1.12 bits per heavy atom. The van der Waals surface area contributed by atoms with Gasteiger partial charge in [-0.1, -0.05) is 72.8 Å². The Morgan fingerprint density at radius 1 is 0.750 bits per heavy atom. The van der Waals surface area contributed by atoms with Gasteiger partial charge in [0.15, 0.2) is 5.11 Å². The largest absolute Gasteiger partial charge is 0.370 e. The van der Waals surface area contributed by atoms with Crippen LogP contribution in [0.25, 0.3) is 12.2 Å². The van der Waals surface area contributed by atoms with Crippen LogP contribution in [0.3, 0.4) is 0 Å². The third-order valence-corrected chi connectivity index (χ3v) is 3.33. The quantitative estimate of drug-likeness (QED) is 0.481. The highest BCUT2D eigenvalue weighted by Crippen LogP contribution is 2.02. The van der Waals surface area contributed by atoms with Gasteiger partial charge in [-0.2, -0.15) is 0 Å². The molecule has 0 saturated carbocycles. The maximum atomic E-state index is 9.88. The Labute approximate surface area is 147 Å². The van der Waals surface area contributed by atoms with E-state index in [1.165, 1.54) is 0 Å². The summed E-state index contributed by atoms with van der Waals surface area (Å²) in [7, 11) is 0. The number of rotatable bonds is 6. The molecule has 0 heterocycles. The zero-order chi connectivity index (χ0) is 17.2. The number of nitrogens with one attached hydrogen (secondary N) is 2. The van der Waals surface area contributed by atoms with Crippen LogP contribution in [0.4, 0.5) is 0 Å². The van der Waals surface area contributed by atoms with Crippen LogP contribution in [0.1, 0.15) is 11.1 Å². The van der Waals surface area contributed by atoms with E-state index in [4.69, 9.17) is 12.2 Å². The van der Waals surface area contributed by atoms with Crippen molar-refractivity contribution in [2.24, 2.45) is 0 Å². The van der Waals surface area contributed by atoms with E-state index in [1.54, 1.807) is 24.3 Å². The van der Waals surface area contributed by atoms with Crippen LogP contribution in [0, 0.1) is 0 Å². The van der Waals surface area contributed by atoms with Crippen LogP contribution in [-0.4, -0.2) is 27.8 Å². The lowest BCUT2D eigenvalue weighted by atomic mass is 10.2. The maximum absolute atomic E-state index is 9.88. The van der Waals surface area contributed by atoms with Gasteiger partial charge >= 0.3 is 0 Å². The lowest BCUT2D eigenvalue weighted by molar-refractivity contribution is 0.194. The van der Waals surface area contributed by atoms with Crippen LogP contribution >= 0.6 is 12.2 Å². The fourth-order valence-electron chi connectivity index (χ4n) is 1.94. The summed E-state index contributed by atoms with van der Waals surface area (Å²) in [6, 6.07) is 19.2. The monoisotopic (exact) mass is 340 g/mol. The first kappa shape index (κ1) is 17.9. The molecule has 0 aliphatic carbocycles. The minimum Gasteiger partial charge on any atom is -0.370 e. The molecule has 0 spiro atoms. The molecule has 0 fully saturated rings. The first-order valence-electron chi connectivity index (χ1n) is 7.53. The summed E-state index contributed by atoms with van der Waals surface area (Å²) in [6.45, 7) is 0. The third-order valence-electron chi connectivity index (χ3n) is 3.10. The highest BCUT2D eigenvalue weighted by Gasteiger charge is 2.05. The Balaban J connectivity index is 1.77. The molecule has 2 aromatic carbocycles. The van der Waals surface area contributed by atoms with E-state index in [9.17, 15) is 10.2 Å². The molecule has 2 aromatic rings.